The number of hydrogen-bond donors (Lipinski definition) is 1. The maximum Gasteiger partial charge on any atom is 0.258 e. The van der Waals surface area contributed by atoms with Gasteiger partial charge in [-0.15, -0.1) is 0 Å². The van der Waals surface area contributed by atoms with Crippen LogP contribution in [0.3, 0.4) is 0 Å². The molecule has 25 heavy (non-hydrogen) atoms. The van der Waals surface area contributed by atoms with E-state index in [1.54, 1.807) is 31.2 Å². The van der Waals surface area contributed by atoms with Gasteiger partial charge in [0.15, 0.2) is 0 Å². The Bertz CT molecular complexity index is 1060. The van der Waals surface area contributed by atoms with Gasteiger partial charge in [-0.3, -0.25) is 4.79 Å². The van der Waals surface area contributed by atoms with Crippen molar-refractivity contribution < 1.29 is 8.42 Å². The highest BCUT2D eigenvalue weighted by Gasteiger charge is 2.24. The fourth-order valence-corrected chi connectivity index (χ4v) is 4.04. The maximum atomic E-state index is 12.8. The molecule has 3 aromatic rings. The minimum absolute atomic E-state index is 0.0263. The third-order valence-corrected chi connectivity index (χ3v) is 5.98. The first-order valence-electron chi connectivity index (χ1n) is 7.65. The van der Waals surface area contributed by atoms with Crippen molar-refractivity contribution in [2.24, 2.45) is 0 Å². The van der Waals surface area contributed by atoms with Crippen LogP contribution in [0.4, 0.5) is 0 Å². The van der Waals surface area contributed by atoms with Gasteiger partial charge in [0.2, 0.25) is 10.0 Å². The van der Waals surface area contributed by atoms with E-state index in [2.05, 4.69) is 9.97 Å². The summed E-state index contributed by atoms with van der Waals surface area (Å²) in [6, 6.07) is 12.9. The van der Waals surface area contributed by atoms with Gasteiger partial charge in [0, 0.05) is 11.6 Å². The van der Waals surface area contributed by atoms with Crippen molar-refractivity contribution in [1.29, 1.82) is 0 Å². The van der Waals surface area contributed by atoms with Crippen LogP contribution in [-0.4, -0.2) is 29.2 Å². The van der Waals surface area contributed by atoms with Gasteiger partial charge in [-0.25, -0.2) is 13.4 Å². The van der Waals surface area contributed by atoms with Gasteiger partial charge in [-0.1, -0.05) is 30.7 Å². The van der Waals surface area contributed by atoms with Crippen LogP contribution in [-0.2, 0) is 16.6 Å². The summed E-state index contributed by atoms with van der Waals surface area (Å²) in [5.74, 6) is 0.295. The molecule has 0 saturated heterocycles. The van der Waals surface area contributed by atoms with Crippen LogP contribution < -0.4 is 5.56 Å². The van der Waals surface area contributed by atoms with Gasteiger partial charge in [-0.05, 0) is 36.4 Å². The lowest BCUT2D eigenvalue weighted by Crippen LogP contribution is -2.32. The van der Waals surface area contributed by atoms with E-state index < -0.39 is 10.0 Å². The Morgan fingerprint density at radius 2 is 1.80 bits per heavy atom. The van der Waals surface area contributed by atoms with Crippen LogP contribution in [0.25, 0.3) is 10.9 Å². The second kappa shape index (κ2) is 6.95. The highest BCUT2D eigenvalue weighted by Crippen LogP contribution is 2.19. The summed E-state index contributed by atoms with van der Waals surface area (Å²) >= 11 is 5.82. The fraction of sp³-hybridized carbons (Fsp3) is 0.176. The van der Waals surface area contributed by atoms with E-state index in [4.69, 9.17) is 11.6 Å². The van der Waals surface area contributed by atoms with E-state index in [0.29, 0.717) is 21.7 Å². The quantitative estimate of drug-likeness (QED) is 0.741. The zero-order valence-corrected chi connectivity index (χ0v) is 15.0. The molecule has 0 atom stereocenters. The summed E-state index contributed by atoms with van der Waals surface area (Å²) in [5, 5.41) is 0.928. The molecule has 130 valence electrons. The van der Waals surface area contributed by atoms with Crippen molar-refractivity contribution in [3.05, 3.63) is 69.7 Å². The SMILES string of the molecule is CCN(Cc1nc2ccccc2c(=O)[nH]1)S(=O)(=O)c1ccc(Cl)cc1. The number of nitrogens with zero attached hydrogens (tertiary/aromatic N) is 2. The maximum absolute atomic E-state index is 12.8. The first kappa shape index (κ1) is 17.6. The Morgan fingerprint density at radius 1 is 1.12 bits per heavy atom. The predicted octanol–water partition coefficient (Wildman–Crippen LogP) is 2.79. The summed E-state index contributed by atoms with van der Waals surface area (Å²) in [6.45, 7) is 1.94. The number of fused-ring (bicyclic) bond motifs is 1. The van der Waals surface area contributed by atoms with Crippen LogP contribution >= 0.6 is 11.6 Å². The molecule has 0 bridgehead atoms. The second-order valence-corrected chi connectivity index (χ2v) is 7.79. The van der Waals surface area contributed by atoms with E-state index in [9.17, 15) is 13.2 Å². The van der Waals surface area contributed by atoms with Crippen LogP contribution in [0.1, 0.15) is 12.7 Å². The monoisotopic (exact) mass is 377 g/mol. The van der Waals surface area contributed by atoms with E-state index in [0.717, 1.165) is 0 Å². The topological polar surface area (TPSA) is 83.1 Å². The number of benzene rings is 2. The van der Waals surface area contributed by atoms with Crippen molar-refractivity contribution >= 4 is 32.5 Å². The van der Waals surface area contributed by atoms with Crippen molar-refractivity contribution in [3.8, 4) is 0 Å². The molecular formula is C17H16ClN3O3S. The molecule has 0 radical (unpaired) electrons. The number of rotatable bonds is 5. The summed E-state index contributed by atoms with van der Waals surface area (Å²) in [4.78, 5) is 19.3. The molecule has 1 N–H and O–H groups in total. The lowest BCUT2D eigenvalue weighted by molar-refractivity contribution is 0.414. The Hall–Kier alpha value is -2.22. The number of halogens is 1. The summed E-state index contributed by atoms with van der Waals surface area (Å²) in [6.07, 6.45) is 0. The average molecular weight is 378 g/mol. The smallest absolute Gasteiger partial charge is 0.258 e. The van der Waals surface area contributed by atoms with E-state index >= 15 is 0 Å². The number of para-hydroxylation sites is 1. The first-order chi connectivity index (χ1) is 11.9. The normalized spacial score (nSPS) is 12.0. The molecule has 6 nitrogen and oxygen atoms in total. The van der Waals surface area contributed by atoms with Gasteiger partial charge in [0.25, 0.3) is 5.56 Å². The summed E-state index contributed by atoms with van der Waals surface area (Å²) < 4.78 is 26.8. The largest absolute Gasteiger partial charge is 0.309 e. The Morgan fingerprint density at radius 3 is 2.48 bits per heavy atom. The van der Waals surface area contributed by atoms with Gasteiger partial charge < -0.3 is 4.98 Å². The molecule has 1 heterocycles. The Balaban J connectivity index is 1.97. The molecule has 0 saturated carbocycles. The number of sulfonamides is 1. The highest BCUT2D eigenvalue weighted by molar-refractivity contribution is 7.89. The molecule has 1 aromatic heterocycles. The third-order valence-electron chi connectivity index (χ3n) is 3.79. The lowest BCUT2D eigenvalue weighted by atomic mass is 10.2. The lowest BCUT2D eigenvalue weighted by Gasteiger charge is -2.20. The molecular weight excluding hydrogens is 362 g/mol. The molecule has 0 aliphatic heterocycles. The first-order valence-corrected chi connectivity index (χ1v) is 9.47. The highest BCUT2D eigenvalue weighted by atomic mass is 35.5. The van der Waals surface area contributed by atoms with Crippen molar-refractivity contribution in [2.45, 2.75) is 18.4 Å². The van der Waals surface area contributed by atoms with Gasteiger partial charge in [0.05, 0.1) is 22.3 Å². The van der Waals surface area contributed by atoms with Crippen molar-refractivity contribution in [2.75, 3.05) is 6.54 Å². The van der Waals surface area contributed by atoms with E-state index in [-0.39, 0.29) is 23.5 Å². The Kier molecular flexibility index (Phi) is 4.89. The minimum atomic E-state index is -3.72. The molecule has 0 fully saturated rings. The van der Waals surface area contributed by atoms with Gasteiger partial charge >= 0.3 is 0 Å². The third kappa shape index (κ3) is 3.58. The molecule has 8 heteroatoms. The molecule has 0 aliphatic carbocycles. The summed E-state index contributed by atoms with van der Waals surface area (Å²) in [5.41, 5.74) is 0.238. The second-order valence-electron chi connectivity index (χ2n) is 5.41. The molecule has 0 amide bonds. The minimum Gasteiger partial charge on any atom is -0.309 e. The number of aromatic amines is 1. The number of hydrogen-bond acceptors (Lipinski definition) is 4. The number of nitrogens with one attached hydrogen (secondary N) is 1. The zero-order valence-electron chi connectivity index (χ0n) is 13.4. The number of H-pyrrole nitrogens is 1. The standard InChI is InChI=1S/C17H16ClN3O3S/c1-2-21(25(23,24)13-9-7-12(18)8-10-13)11-16-19-15-6-4-3-5-14(15)17(22)20-16/h3-10H,2,11H2,1H3,(H,19,20,22). The van der Waals surface area contributed by atoms with E-state index in [1.807, 2.05) is 0 Å². The van der Waals surface area contributed by atoms with Gasteiger partial charge in [0.1, 0.15) is 5.82 Å². The number of aromatic nitrogens is 2. The summed E-state index contributed by atoms with van der Waals surface area (Å²) in [7, 11) is -3.72. The van der Waals surface area contributed by atoms with Gasteiger partial charge in [-0.2, -0.15) is 4.31 Å². The average Bonchev–Trinajstić information content (AvgIpc) is 2.60. The fourth-order valence-electron chi connectivity index (χ4n) is 2.50. The van der Waals surface area contributed by atoms with Crippen LogP contribution in [0.15, 0.2) is 58.2 Å². The molecule has 0 aliphatic rings. The van der Waals surface area contributed by atoms with E-state index in [1.165, 1.54) is 28.6 Å². The molecule has 2 aromatic carbocycles. The molecule has 0 spiro atoms. The zero-order chi connectivity index (χ0) is 18.0. The van der Waals surface area contributed by atoms with Crippen LogP contribution in [0.5, 0.6) is 0 Å². The predicted molar refractivity (Wildman–Crippen MR) is 97.1 cm³/mol. The Labute approximate surface area is 150 Å². The molecule has 3 rings (SSSR count). The van der Waals surface area contributed by atoms with Crippen LogP contribution in [0.2, 0.25) is 5.02 Å². The van der Waals surface area contributed by atoms with Crippen molar-refractivity contribution in [1.82, 2.24) is 14.3 Å². The van der Waals surface area contributed by atoms with Crippen LogP contribution in [0, 0.1) is 0 Å². The molecule has 0 unspecified atom stereocenters. The van der Waals surface area contributed by atoms with Crippen molar-refractivity contribution in [3.63, 3.8) is 0 Å².